The van der Waals surface area contributed by atoms with Crippen molar-refractivity contribution in [2.45, 2.75) is 32.2 Å². The van der Waals surface area contributed by atoms with Gasteiger partial charge < -0.3 is 16.2 Å². The van der Waals surface area contributed by atoms with Crippen LogP contribution in [0.3, 0.4) is 0 Å². The molecule has 0 radical (unpaired) electrons. The predicted octanol–water partition coefficient (Wildman–Crippen LogP) is 1.03. The van der Waals surface area contributed by atoms with Gasteiger partial charge in [-0.3, -0.25) is 9.78 Å². The maximum atomic E-state index is 11.8. The van der Waals surface area contributed by atoms with Crippen LogP contribution in [-0.2, 0) is 0 Å². The van der Waals surface area contributed by atoms with Crippen LogP contribution in [-0.4, -0.2) is 28.6 Å². The molecule has 0 saturated carbocycles. The molecule has 1 atom stereocenters. The molecule has 5 heteroatoms. The van der Waals surface area contributed by atoms with Gasteiger partial charge in [0.1, 0.15) is 5.75 Å². The number of hydrogen-bond donors (Lipinski definition) is 3. The van der Waals surface area contributed by atoms with Crippen molar-refractivity contribution >= 4 is 5.91 Å². The quantitative estimate of drug-likeness (QED) is 0.689. The molecule has 1 aromatic heterocycles. The number of nitrogens with one attached hydrogen (secondary N) is 1. The zero-order valence-corrected chi connectivity index (χ0v) is 10.0. The van der Waals surface area contributed by atoms with Crippen LogP contribution in [0.2, 0.25) is 0 Å². The molecule has 5 nitrogen and oxygen atoms in total. The van der Waals surface area contributed by atoms with Gasteiger partial charge in [-0.05, 0) is 12.5 Å². The van der Waals surface area contributed by atoms with Gasteiger partial charge >= 0.3 is 0 Å². The Bertz CT molecular complexity index is 369. The molecule has 0 aromatic carbocycles. The van der Waals surface area contributed by atoms with E-state index in [0.29, 0.717) is 12.1 Å². The number of carbonyl (C=O) groups is 1. The summed E-state index contributed by atoms with van der Waals surface area (Å²) in [5, 5.41) is 12.1. The molecule has 4 N–H and O–H groups in total. The van der Waals surface area contributed by atoms with Gasteiger partial charge in [0, 0.05) is 18.8 Å². The molecule has 0 fully saturated rings. The first-order valence-electron chi connectivity index (χ1n) is 5.82. The second-order valence-corrected chi connectivity index (χ2v) is 3.98. The highest BCUT2D eigenvalue weighted by atomic mass is 16.3. The zero-order valence-electron chi connectivity index (χ0n) is 10.0. The van der Waals surface area contributed by atoms with E-state index in [1.807, 2.05) is 0 Å². The molecule has 94 valence electrons. The standard InChI is InChI=1S/C12H19N3O2/c1-2-3-4-10(6-13)15-12(17)9-5-11(16)8-14-7-9/h5,7-8,10,16H,2-4,6,13H2,1H3,(H,15,17). The number of carbonyl (C=O) groups excluding carboxylic acids is 1. The van der Waals surface area contributed by atoms with Gasteiger partial charge in [-0.1, -0.05) is 19.8 Å². The molecule has 1 unspecified atom stereocenters. The lowest BCUT2D eigenvalue weighted by Gasteiger charge is -2.16. The molecule has 17 heavy (non-hydrogen) atoms. The number of nitrogens with two attached hydrogens (primary N) is 1. The van der Waals surface area contributed by atoms with Gasteiger partial charge in [0.25, 0.3) is 5.91 Å². The third-order valence-corrected chi connectivity index (χ3v) is 2.51. The Morgan fingerprint density at radius 2 is 2.35 bits per heavy atom. The summed E-state index contributed by atoms with van der Waals surface area (Å²) in [5.74, 6) is -0.268. The summed E-state index contributed by atoms with van der Waals surface area (Å²) in [6.45, 7) is 2.51. The van der Waals surface area contributed by atoms with Crippen molar-refractivity contribution in [1.29, 1.82) is 0 Å². The molecular formula is C12H19N3O2. The lowest BCUT2D eigenvalue weighted by molar-refractivity contribution is 0.0935. The van der Waals surface area contributed by atoms with Gasteiger partial charge in [0.15, 0.2) is 0 Å². The van der Waals surface area contributed by atoms with E-state index in [2.05, 4.69) is 17.2 Å². The minimum absolute atomic E-state index is 0.0180. The van der Waals surface area contributed by atoms with Crippen molar-refractivity contribution in [3.63, 3.8) is 0 Å². The predicted molar refractivity (Wildman–Crippen MR) is 65.7 cm³/mol. The molecule has 1 heterocycles. The highest BCUT2D eigenvalue weighted by molar-refractivity contribution is 5.94. The van der Waals surface area contributed by atoms with Crippen LogP contribution in [0.5, 0.6) is 5.75 Å². The van der Waals surface area contributed by atoms with Gasteiger partial charge in [-0.2, -0.15) is 0 Å². The van der Waals surface area contributed by atoms with Crippen molar-refractivity contribution < 1.29 is 9.90 Å². The maximum Gasteiger partial charge on any atom is 0.253 e. The van der Waals surface area contributed by atoms with Gasteiger partial charge in [0.2, 0.25) is 0 Å². The van der Waals surface area contributed by atoms with Crippen molar-refractivity contribution in [1.82, 2.24) is 10.3 Å². The third-order valence-electron chi connectivity index (χ3n) is 2.51. The van der Waals surface area contributed by atoms with Crippen LogP contribution in [0.4, 0.5) is 0 Å². The molecule has 1 aromatic rings. The first-order valence-corrected chi connectivity index (χ1v) is 5.82. The van der Waals surface area contributed by atoms with Gasteiger partial charge in [-0.15, -0.1) is 0 Å². The van der Waals surface area contributed by atoms with Crippen LogP contribution >= 0.6 is 0 Å². The van der Waals surface area contributed by atoms with Crippen molar-refractivity contribution in [2.75, 3.05) is 6.54 Å². The summed E-state index contributed by atoms with van der Waals surface area (Å²) in [5.41, 5.74) is 5.94. The van der Waals surface area contributed by atoms with Crippen LogP contribution in [0.1, 0.15) is 36.5 Å². The first kappa shape index (κ1) is 13.4. The molecule has 0 bridgehead atoms. The summed E-state index contributed by atoms with van der Waals surface area (Å²) < 4.78 is 0. The lowest BCUT2D eigenvalue weighted by Crippen LogP contribution is -2.40. The topological polar surface area (TPSA) is 88.2 Å². The fraction of sp³-hybridized carbons (Fsp3) is 0.500. The molecule has 1 rings (SSSR count). The minimum Gasteiger partial charge on any atom is -0.506 e. The molecule has 0 spiro atoms. The molecule has 0 aliphatic carbocycles. The highest BCUT2D eigenvalue weighted by Crippen LogP contribution is 2.09. The fourth-order valence-corrected chi connectivity index (χ4v) is 1.52. The third kappa shape index (κ3) is 4.40. The monoisotopic (exact) mass is 237 g/mol. The molecular weight excluding hydrogens is 218 g/mol. The van der Waals surface area contributed by atoms with E-state index in [1.165, 1.54) is 18.5 Å². The Morgan fingerprint density at radius 3 is 2.94 bits per heavy atom. The lowest BCUT2D eigenvalue weighted by atomic mass is 10.1. The second kappa shape index (κ2) is 6.85. The van der Waals surface area contributed by atoms with Crippen molar-refractivity contribution in [3.8, 4) is 5.75 Å². The van der Waals surface area contributed by atoms with Crippen LogP contribution < -0.4 is 11.1 Å². The summed E-state index contributed by atoms with van der Waals surface area (Å²) >= 11 is 0. The Hall–Kier alpha value is -1.62. The number of rotatable bonds is 6. The number of hydrogen-bond acceptors (Lipinski definition) is 4. The van der Waals surface area contributed by atoms with E-state index in [1.54, 1.807) is 0 Å². The number of pyridine rings is 1. The van der Waals surface area contributed by atoms with Crippen molar-refractivity contribution in [3.05, 3.63) is 24.0 Å². The van der Waals surface area contributed by atoms with E-state index in [-0.39, 0.29) is 17.7 Å². The maximum absolute atomic E-state index is 11.8. The zero-order chi connectivity index (χ0) is 12.7. The van der Waals surface area contributed by atoms with Crippen LogP contribution in [0, 0.1) is 0 Å². The van der Waals surface area contributed by atoms with E-state index >= 15 is 0 Å². The van der Waals surface area contributed by atoms with Gasteiger partial charge in [0.05, 0.1) is 11.8 Å². The van der Waals surface area contributed by atoms with Crippen LogP contribution in [0.15, 0.2) is 18.5 Å². The van der Waals surface area contributed by atoms with Crippen LogP contribution in [0.25, 0.3) is 0 Å². The molecule has 0 saturated heterocycles. The molecule has 1 amide bonds. The second-order valence-electron chi connectivity index (χ2n) is 3.98. The van der Waals surface area contributed by atoms with Crippen molar-refractivity contribution in [2.24, 2.45) is 5.73 Å². The smallest absolute Gasteiger partial charge is 0.253 e. The Labute approximate surface area is 101 Å². The number of unbranched alkanes of at least 4 members (excludes halogenated alkanes) is 1. The number of aromatic hydroxyl groups is 1. The minimum atomic E-state index is -0.250. The number of nitrogens with zero attached hydrogens (tertiary/aromatic N) is 1. The Balaban J connectivity index is 2.58. The summed E-state index contributed by atoms with van der Waals surface area (Å²) in [7, 11) is 0. The Kier molecular flexibility index (Phi) is 5.42. The number of amides is 1. The Morgan fingerprint density at radius 1 is 1.59 bits per heavy atom. The summed E-state index contributed by atoms with van der Waals surface area (Å²) in [4.78, 5) is 15.6. The van der Waals surface area contributed by atoms with E-state index in [4.69, 9.17) is 5.73 Å². The number of aromatic nitrogens is 1. The molecule has 0 aliphatic heterocycles. The normalized spacial score (nSPS) is 12.1. The van der Waals surface area contributed by atoms with E-state index in [0.717, 1.165) is 19.3 Å². The molecule has 0 aliphatic rings. The average Bonchev–Trinajstić information content (AvgIpc) is 2.34. The fourth-order valence-electron chi connectivity index (χ4n) is 1.52. The SMILES string of the molecule is CCCCC(CN)NC(=O)c1cncc(O)c1. The summed E-state index contributed by atoms with van der Waals surface area (Å²) in [6, 6.07) is 1.36. The van der Waals surface area contributed by atoms with E-state index < -0.39 is 0 Å². The van der Waals surface area contributed by atoms with Gasteiger partial charge in [-0.25, -0.2) is 0 Å². The average molecular weight is 237 g/mol. The highest BCUT2D eigenvalue weighted by Gasteiger charge is 2.12. The van der Waals surface area contributed by atoms with E-state index in [9.17, 15) is 9.90 Å². The first-order chi connectivity index (χ1) is 8.17. The largest absolute Gasteiger partial charge is 0.506 e. The summed E-state index contributed by atoms with van der Waals surface area (Å²) in [6.07, 6.45) is 5.67.